The minimum absolute atomic E-state index is 0.157. The summed E-state index contributed by atoms with van der Waals surface area (Å²) >= 11 is 2.49. The number of rotatable bonds is 10. The molecule has 0 aliphatic carbocycles. The number of carbonyl (C=O) groups is 5. The number of nitrogens with two attached hydrogens (primary N) is 1. The summed E-state index contributed by atoms with van der Waals surface area (Å²) < 4.78 is 0. The molecule has 216 valence electrons. The Morgan fingerprint density at radius 2 is 2.00 bits per heavy atom. The molecule has 5 amide bonds. The number of oxime groups is 1. The van der Waals surface area contributed by atoms with Crippen LogP contribution in [0, 0.1) is 0 Å². The number of benzene rings is 1. The Morgan fingerprint density at radius 1 is 1.29 bits per heavy atom. The van der Waals surface area contributed by atoms with Crippen LogP contribution in [0.2, 0.25) is 0 Å². The van der Waals surface area contributed by atoms with E-state index >= 15 is 0 Å². The number of tetrazole rings is 1. The van der Waals surface area contributed by atoms with Gasteiger partial charge < -0.3 is 21.0 Å². The molecule has 0 radical (unpaired) electrons. The molecule has 41 heavy (non-hydrogen) atoms. The van der Waals surface area contributed by atoms with E-state index in [-0.39, 0.29) is 22.4 Å². The fourth-order valence-corrected chi connectivity index (χ4v) is 6.29. The van der Waals surface area contributed by atoms with E-state index in [1.54, 1.807) is 37.3 Å². The van der Waals surface area contributed by atoms with E-state index in [9.17, 15) is 29.1 Å². The summed E-state index contributed by atoms with van der Waals surface area (Å²) in [6.45, 7) is 4.41. The number of amides is 5. The second kappa shape index (κ2) is 12.0. The molecule has 1 unspecified atom stereocenters. The van der Waals surface area contributed by atoms with E-state index in [2.05, 4.69) is 31.1 Å². The number of hydrogen-bond donors (Lipinski definition) is 5. The first-order valence-electron chi connectivity index (χ1n) is 11.9. The number of aromatic amines is 1. The monoisotopic (exact) mass is 603 g/mol. The summed E-state index contributed by atoms with van der Waals surface area (Å²) in [5, 5.41) is 31.2. The molecule has 2 aliphatic rings. The van der Waals surface area contributed by atoms with Gasteiger partial charge in [-0.05, 0) is 31.6 Å². The summed E-state index contributed by atoms with van der Waals surface area (Å²) in [5.41, 5.74) is 3.72. The molecule has 1 saturated heterocycles. The van der Waals surface area contributed by atoms with Crippen LogP contribution in [0.15, 0.2) is 51.9 Å². The molecule has 0 bridgehead atoms. The minimum Gasteiger partial charge on any atom is -0.477 e. The standard InChI is InChI=1S/C23H25N9O7S2/c1-10(41-22-27-30-31-28-22)12-9-40-18-14(17(34)32(18)15(12)19(35)36)25-16(33)13(11-7-5-4-6-8-11)29-39-23(2,3)20(37)26-21(24)38/h4-8,10,14,18H,9H2,1-3H3,(H,25,33)(H,35,36)(H3,24,26,37,38)(H,27,28,30,31)/t10?,14-,18-/m1/s1. The van der Waals surface area contributed by atoms with Crippen LogP contribution in [0.3, 0.4) is 0 Å². The lowest BCUT2D eigenvalue weighted by molar-refractivity contribution is -0.150. The second-order valence-corrected chi connectivity index (χ2v) is 11.6. The van der Waals surface area contributed by atoms with Crippen LogP contribution in [0.1, 0.15) is 26.3 Å². The second-order valence-electron chi connectivity index (χ2n) is 9.22. The number of nitrogens with one attached hydrogen (secondary N) is 3. The van der Waals surface area contributed by atoms with Crippen LogP contribution in [-0.4, -0.2) is 94.1 Å². The van der Waals surface area contributed by atoms with Crippen molar-refractivity contribution >= 4 is 59.0 Å². The fourth-order valence-electron chi connectivity index (χ4n) is 3.88. The number of imide groups is 1. The van der Waals surface area contributed by atoms with Crippen LogP contribution in [-0.2, 0) is 24.0 Å². The number of urea groups is 1. The molecular weight excluding hydrogens is 578 g/mol. The maximum absolute atomic E-state index is 13.4. The molecule has 2 aromatic rings. The van der Waals surface area contributed by atoms with Crippen molar-refractivity contribution in [2.24, 2.45) is 10.9 Å². The number of H-pyrrole nitrogens is 1. The topological polar surface area (TPSA) is 235 Å². The molecule has 1 aromatic heterocycles. The van der Waals surface area contributed by atoms with Gasteiger partial charge in [0, 0.05) is 16.6 Å². The first-order valence-corrected chi connectivity index (χ1v) is 13.9. The predicted octanol–water partition coefficient (Wildman–Crippen LogP) is -0.187. The highest BCUT2D eigenvalue weighted by Gasteiger charge is 2.55. The minimum atomic E-state index is -1.69. The summed E-state index contributed by atoms with van der Waals surface area (Å²) in [5.74, 6) is -3.30. The van der Waals surface area contributed by atoms with Crippen LogP contribution < -0.4 is 16.4 Å². The van der Waals surface area contributed by atoms with Crippen LogP contribution in [0.25, 0.3) is 0 Å². The number of nitrogens with zero attached hydrogens (tertiary/aromatic N) is 5. The predicted molar refractivity (Wildman–Crippen MR) is 145 cm³/mol. The largest absolute Gasteiger partial charge is 0.477 e. The van der Waals surface area contributed by atoms with Gasteiger partial charge in [0.15, 0.2) is 5.71 Å². The van der Waals surface area contributed by atoms with E-state index in [1.807, 2.05) is 5.32 Å². The van der Waals surface area contributed by atoms with Crippen LogP contribution >= 0.6 is 23.5 Å². The molecule has 0 saturated carbocycles. The molecule has 2 aliphatic heterocycles. The SMILES string of the molecule is CC(Sc1nn[nH]n1)C1=C(C(=O)O)N2C(=O)[C@@H](NC(=O)C(=NOC(C)(C)C(=O)NC(N)=O)c3ccccc3)[C@H]2SC1. The number of primary amides is 1. The molecule has 0 spiro atoms. The highest BCUT2D eigenvalue weighted by atomic mass is 32.2. The van der Waals surface area contributed by atoms with Gasteiger partial charge >= 0.3 is 12.0 Å². The highest BCUT2D eigenvalue weighted by molar-refractivity contribution is 8.01. The summed E-state index contributed by atoms with van der Waals surface area (Å²) in [6.07, 6.45) is 0. The van der Waals surface area contributed by atoms with E-state index < -0.39 is 46.7 Å². The molecule has 3 atom stereocenters. The van der Waals surface area contributed by atoms with Crippen molar-refractivity contribution in [2.45, 2.75) is 48.2 Å². The number of hydrogen-bond acceptors (Lipinski definition) is 12. The van der Waals surface area contributed by atoms with Crippen molar-refractivity contribution < 1.29 is 33.9 Å². The third kappa shape index (κ3) is 6.32. The number of carboxylic acid groups (broad SMARTS) is 1. The molecule has 1 aromatic carbocycles. The van der Waals surface area contributed by atoms with E-state index in [0.29, 0.717) is 16.3 Å². The first kappa shape index (κ1) is 29.5. The van der Waals surface area contributed by atoms with Crippen LogP contribution in [0.4, 0.5) is 4.79 Å². The maximum atomic E-state index is 13.4. The smallest absolute Gasteiger partial charge is 0.352 e. The van der Waals surface area contributed by atoms with E-state index in [4.69, 9.17) is 10.6 Å². The van der Waals surface area contributed by atoms with Gasteiger partial charge in [0.2, 0.25) is 10.8 Å². The fraction of sp³-hybridized carbons (Fsp3) is 0.348. The molecule has 4 rings (SSSR count). The quantitative estimate of drug-likeness (QED) is 0.103. The molecule has 1 fully saturated rings. The van der Waals surface area contributed by atoms with Gasteiger partial charge in [-0.15, -0.1) is 22.0 Å². The summed E-state index contributed by atoms with van der Waals surface area (Å²) in [6, 6.07) is 6.02. The lowest BCUT2D eigenvalue weighted by Gasteiger charge is -2.50. The number of carbonyl (C=O) groups excluding carboxylic acids is 4. The lowest BCUT2D eigenvalue weighted by atomic mass is 10.0. The van der Waals surface area contributed by atoms with Crippen molar-refractivity contribution in [2.75, 3.05) is 5.75 Å². The Labute approximate surface area is 240 Å². The number of thioether (sulfide) groups is 2. The first-order chi connectivity index (χ1) is 19.4. The maximum Gasteiger partial charge on any atom is 0.352 e. The molecular formula is C23H25N9O7S2. The van der Waals surface area contributed by atoms with Crippen LogP contribution in [0.5, 0.6) is 0 Å². The summed E-state index contributed by atoms with van der Waals surface area (Å²) in [4.78, 5) is 68.6. The third-order valence-electron chi connectivity index (χ3n) is 6.00. The number of carboxylic acids is 1. The van der Waals surface area contributed by atoms with Gasteiger partial charge in [0.05, 0.1) is 0 Å². The molecule has 6 N–H and O–H groups in total. The van der Waals surface area contributed by atoms with Gasteiger partial charge in [0.25, 0.3) is 17.7 Å². The zero-order valence-electron chi connectivity index (χ0n) is 21.9. The van der Waals surface area contributed by atoms with Gasteiger partial charge in [-0.3, -0.25) is 24.6 Å². The van der Waals surface area contributed by atoms with Crippen molar-refractivity contribution in [3.8, 4) is 0 Å². The van der Waals surface area contributed by atoms with Gasteiger partial charge in [-0.2, -0.15) is 5.21 Å². The Kier molecular flexibility index (Phi) is 8.62. The Hall–Kier alpha value is -4.45. The Bertz CT molecular complexity index is 1430. The van der Waals surface area contributed by atoms with Crippen molar-refractivity contribution in [3.05, 3.63) is 47.2 Å². The number of aliphatic carboxylic acids is 1. The zero-order valence-corrected chi connectivity index (χ0v) is 23.5. The van der Waals surface area contributed by atoms with E-state index in [0.717, 1.165) is 4.90 Å². The van der Waals surface area contributed by atoms with Crippen molar-refractivity contribution in [1.29, 1.82) is 0 Å². The molecule has 18 heteroatoms. The number of β-lactam (4-membered cyclic amide) rings is 1. The lowest BCUT2D eigenvalue weighted by Crippen LogP contribution is -2.71. The van der Waals surface area contributed by atoms with E-state index in [1.165, 1.54) is 37.4 Å². The average molecular weight is 604 g/mol. The van der Waals surface area contributed by atoms with Crippen molar-refractivity contribution in [1.82, 2.24) is 36.2 Å². The van der Waals surface area contributed by atoms with Crippen molar-refractivity contribution in [3.63, 3.8) is 0 Å². The van der Waals surface area contributed by atoms with Gasteiger partial charge in [0.1, 0.15) is 17.1 Å². The van der Waals surface area contributed by atoms with Gasteiger partial charge in [-0.25, -0.2) is 9.59 Å². The Morgan fingerprint density at radius 3 is 2.61 bits per heavy atom. The van der Waals surface area contributed by atoms with Gasteiger partial charge in [-0.1, -0.05) is 47.2 Å². The number of fused-ring (bicyclic) bond motifs is 1. The molecule has 16 nitrogen and oxygen atoms in total. The third-order valence-corrected chi connectivity index (χ3v) is 8.32. The zero-order chi connectivity index (χ0) is 29.9. The average Bonchev–Trinajstić information content (AvgIpc) is 3.44. The summed E-state index contributed by atoms with van der Waals surface area (Å²) in [7, 11) is 0. The number of aromatic nitrogens is 4. The highest BCUT2D eigenvalue weighted by Crippen LogP contribution is 2.43. The molecule has 3 heterocycles. The Balaban J connectivity index is 1.54. The normalized spacial score (nSPS) is 19.5.